The summed E-state index contributed by atoms with van der Waals surface area (Å²) in [4.78, 5) is 26.1. The smallest absolute Gasteiger partial charge is 0.241 e. The maximum absolute atomic E-state index is 12.2. The van der Waals surface area contributed by atoms with Crippen LogP contribution in [0.4, 0.5) is 0 Å². The fourth-order valence-electron chi connectivity index (χ4n) is 3.17. The molecular formula is C14H25N3O2. The standard InChI is InChI=1S/C14H25N3O2/c15-11-14(6-2-3-7-14)13(19)16-10-12(18)17-8-4-1-5-9-17/h1-11,15H2,(H,16,19). The lowest BCUT2D eigenvalue weighted by atomic mass is 9.85. The molecule has 2 aliphatic rings. The summed E-state index contributed by atoms with van der Waals surface area (Å²) < 4.78 is 0. The molecule has 1 saturated heterocycles. The molecule has 19 heavy (non-hydrogen) atoms. The molecule has 0 radical (unpaired) electrons. The van der Waals surface area contributed by atoms with Crippen molar-refractivity contribution in [3.63, 3.8) is 0 Å². The summed E-state index contributed by atoms with van der Waals surface area (Å²) in [5, 5.41) is 2.80. The summed E-state index contributed by atoms with van der Waals surface area (Å²) in [6.45, 7) is 2.17. The highest BCUT2D eigenvalue weighted by Crippen LogP contribution is 2.37. The Morgan fingerprint density at radius 2 is 1.68 bits per heavy atom. The molecule has 0 bridgehead atoms. The average Bonchev–Trinajstić information content (AvgIpc) is 2.95. The molecule has 2 fully saturated rings. The van der Waals surface area contributed by atoms with Gasteiger partial charge in [0.2, 0.25) is 11.8 Å². The Bertz CT molecular complexity index is 332. The van der Waals surface area contributed by atoms with E-state index < -0.39 is 5.41 Å². The molecule has 5 nitrogen and oxygen atoms in total. The number of likely N-dealkylation sites (tertiary alicyclic amines) is 1. The van der Waals surface area contributed by atoms with Crippen molar-refractivity contribution >= 4 is 11.8 Å². The first kappa shape index (κ1) is 14.3. The number of hydrogen-bond acceptors (Lipinski definition) is 3. The van der Waals surface area contributed by atoms with Crippen LogP contribution in [0, 0.1) is 5.41 Å². The van der Waals surface area contributed by atoms with Crippen molar-refractivity contribution in [1.82, 2.24) is 10.2 Å². The quantitative estimate of drug-likeness (QED) is 0.784. The van der Waals surface area contributed by atoms with E-state index in [9.17, 15) is 9.59 Å². The third kappa shape index (κ3) is 3.26. The van der Waals surface area contributed by atoms with Gasteiger partial charge >= 0.3 is 0 Å². The number of carbonyl (C=O) groups is 2. The summed E-state index contributed by atoms with van der Waals surface area (Å²) in [5.41, 5.74) is 5.35. The molecule has 1 saturated carbocycles. The van der Waals surface area contributed by atoms with E-state index in [1.165, 1.54) is 6.42 Å². The van der Waals surface area contributed by atoms with E-state index in [0.29, 0.717) is 6.54 Å². The minimum atomic E-state index is -0.415. The molecule has 0 aromatic carbocycles. The maximum atomic E-state index is 12.2. The van der Waals surface area contributed by atoms with Crippen LogP contribution in [0.25, 0.3) is 0 Å². The molecule has 108 valence electrons. The zero-order chi connectivity index (χ0) is 13.7. The zero-order valence-corrected chi connectivity index (χ0v) is 11.6. The first-order valence-corrected chi connectivity index (χ1v) is 7.44. The van der Waals surface area contributed by atoms with Crippen LogP contribution in [0.15, 0.2) is 0 Å². The monoisotopic (exact) mass is 267 g/mol. The highest BCUT2D eigenvalue weighted by Gasteiger charge is 2.39. The lowest BCUT2D eigenvalue weighted by Gasteiger charge is -2.29. The number of piperidine rings is 1. The number of nitrogens with zero attached hydrogens (tertiary/aromatic N) is 1. The number of hydrogen-bond donors (Lipinski definition) is 2. The summed E-state index contributed by atoms with van der Waals surface area (Å²) >= 11 is 0. The number of nitrogens with one attached hydrogen (secondary N) is 1. The van der Waals surface area contributed by atoms with Gasteiger partial charge in [0.05, 0.1) is 12.0 Å². The van der Waals surface area contributed by atoms with Crippen LogP contribution in [0.5, 0.6) is 0 Å². The van der Waals surface area contributed by atoms with Crippen molar-refractivity contribution in [1.29, 1.82) is 0 Å². The van der Waals surface area contributed by atoms with E-state index in [4.69, 9.17) is 5.73 Å². The van der Waals surface area contributed by atoms with Gasteiger partial charge in [0, 0.05) is 19.6 Å². The predicted molar refractivity (Wildman–Crippen MR) is 73.4 cm³/mol. The Morgan fingerprint density at radius 1 is 1.05 bits per heavy atom. The summed E-state index contributed by atoms with van der Waals surface area (Å²) in [7, 11) is 0. The maximum Gasteiger partial charge on any atom is 0.241 e. The van der Waals surface area contributed by atoms with Crippen molar-refractivity contribution in [3.05, 3.63) is 0 Å². The van der Waals surface area contributed by atoms with E-state index in [-0.39, 0.29) is 18.4 Å². The number of rotatable bonds is 4. The molecule has 0 spiro atoms. The summed E-state index contributed by atoms with van der Waals surface area (Å²) in [5.74, 6) is 0.0103. The predicted octanol–water partition coefficient (Wildman–Crippen LogP) is 0.634. The van der Waals surface area contributed by atoms with E-state index in [2.05, 4.69) is 5.32 Å². The Hall–Kier alpha value is -1.10. The molecule has 0 atom stereocenters. The highest BCUT2D eigenvalue weighted by atomic mass is 16.2. The molecule has 1 aliphatic carbocycles. The molecule has 3 N–H and O–H groups in total. The minimum absolute atomic E-state index is 0.0298. The van der Waals surface area contributed by atoms with Crippen molar-refractivity contribution in [2.45, 2.75) is 44.9 Å². The Balaban J connectivity index is 1.80. The Morgan fingerprint density at radius 3 is 2.26 bits per heavy atom. The van der Waals surface area contributed by atoms with Gasteiger partial charge in [-0.05, 0) is 32.1 Å². The van der Waals surface area contributed by atoms with Gasteiger partial charge in [0.25, 0.3) is 0 Å². The second-order valence-electron chi connectivity index (χ2n) is 5.82. The number of amides is 2. The molecule has 1 aliphatic heterocycles. The molecule has 5 heteroatoms. The second-order valence-corrected chi connectivity index (χ2v) is 5.82. The van der Waals surface area contributed by atoms with E-state index in [1.807, 2.05) is 4.90 Å². The molecule has 0 unspecified atom stereocenters. The normalized spacial score (nSPS) is 22.3. The van der Waals surface area contributed by atoms with Gasteiger partial charge < -0.3 is 16.0 Å². The third-order valence-corrected chi connectivity index (χ3v) is 4.54. The molecule has 2 rings (SSSR count). The van der Waals surface area contributed by atoms with E-state index in [1.54, 1.807) is 0 Å². The Kier molecular flexibility index (Phi) is 4.80. The fraction of sp³-hybridized carbons (Fsp3) is 0.857. The Labute approximate surface area is 114 Å². The van der Waals surface area contributed by atoms with Gasteiger partial charge in [-0.15, -0.1) is 0 Å². The number of carbonyl (C=O) groups excluding carboxylic acids is 2. The summed E-state index contributed by atoms with van der Waals surface area (Å²) in [6, 6.07) is 0. The van der Waals surface area contributed by atoms with Gasteiger partial charge in [-0.2, -0.15) is 0 Å². The molecule has 1 heterocycles. The topological polar surface area (TPSA) is 75.4 Å². The van der Waals surface area contributed by atoms with Crippen LogP contribution >= 0.6 is 0 Å². The zero-order valence-electron chi connectivity index (χ0n) is 11.6. The molecule has 0 aromatic heterocycles. The van der Waals surface area contributed by atoms with Crippen LogP contribution in [0.1, 0.15) is 44.9 Å². The van der Waals surface area contributed by atoms with Crippen molar-refractivity contribution in [2.24, 2.45) is 11.1 Å². The van der Waals surface area contributed by atoms with Gasteiger partial charge in [-0.1, -0.05) is 12.8 Å². The van der Waals surface area contributed by atoms with Crippen molar-refractivity contribution < 1.29 is 9.59 Å². The van der Waals surface area contributed by atoms with Gasteiger partial charge in [0.15, 0.2) is 0 Å². The van der Waals surface area contributed by atoms with Crippen LogP contribution in [-0.2, 0) is 9.59 Å². The highest BCUT2D eigenvalue weighted by molar-refractivity contribution is 5.88. The average molecular weight is 267 g/mol. The van der Waals surface area contributed by atoms with E-state index >= 15 is 0 Å². The minimum Gasteiger partial charge on any atom is -0.347 e. The van der Waals surface area contributed by atoms with Crippen LogP contribution in [0.3, 0.4) is 0 Å². The van der Waals surface area contributed by atoms with Gasteiger partial charge in [-0.3, -0.25) is 9.59 Å². The van der Waals surface area contributed by atoms with Crippen molar-refractivity contribution in [2.75, 3.05) is 26.2 Å². The number of nitrogens with two attached hydrogens (primary N) is 1. The fourth-order valence-corrected chi connectivity index (χ4v) is 3.17. The van der Waals surface area contributed by atoms with Crippen LogP contribution in [-0.4, -0.2) is 42.9 Å². The third-order valence-electron chi connectivity index (χ3n) is 4.54. The largest absolute Gasteiger partial charge is 0.347 e. The summed E-state index contributed by atoms with van der Waals surface area (Å²) in [6.07, 6.45) is 7.18. The molecule has 2 amide bonds. The van der Waals surface area contributed by atoms with Gasteiger partial charge in [0.1, 0.15) is 0 Å². The first-order valence-electron chi connectivity index (χ1n) is 7.44. The van der Waals surface area contributed by atoms with Crippen LogP contribution < -0.4 is 11.1 Å². The lowest BCUT2D eigenvalue weighted by molar-refractivity contribution is -0.136. The van der Waals surface area contributed by atoms with Gasteiger partial charge in [-0.25, -0.2) is 0 Å². The SMILES string of the molecule is NCC1(C(=O)NCC(=O)N2CCCCC2)CCCC1. The van der Waals surface area contributed by atoms with E-state index in [0.717, 1.165) is 51.6 Å². The molecule has 0 aromatic rings. The van der Waals surface area contributed by atoms with Crippen LogP contribution in [0.2, 0.25) is 0 Å². The first-order chi connectivity index (χ1) is 9.18. The molecular weight excluding hydrogens is 242 g/mol. The van der Waals surface area contributed by atoms with Crippen molar-refractivity contribution in [3.8, 4) is 0 Å². The second kappa shape index (κ2) is 6.37. The lowest BCUT2D eigenvalue weighted by Crippen LogP contribution is -2.48.